The van der Waals surface area contributed by atoms with E-state index in [0.717, 1.165) is 31.7 Å². The summed E-state index contributed by atoms with van der Waals surface area (Å²) < 4.78 is 19.2. The van der Waals surface area contributed by atoms with Crippen LogP contribution in [0.2, 0.25) is 0 Å². The fourth-order valence-electron chi connectivity index (χ4n) is 2.43. The standard InChI is InChI=1S/C17H28FNO/c1-13(2)11-19-12-16(14(3)9-10-20-4)15-7-5-6-8-17(15)18/h5-8,13-14,16,19H,9-12H2,1-4H3. The van der Waals surface area contributed by atoms with E-state index in [1.165, 1.54) is 0 Å². The number of hydrogen-bond acceptors (Lipinski definition) is 2. The average molecular weight is 281 g/mol. The van der Waals surface area contributed by atoms with Gasteiger partial charge in [-0.2, -0.15) is 0 Å². The van der Waals surface area contributed by atoms with Crippen LogP contribution in [0.4, 0.5) is 4.39 Å². The van der Waals surface area contributed by atoms with Crippen molar-refractivity contribution in [3.05, 3.63) is 35.6 Å². The van der Waals surface area contributed by atoms with Crippen LogP contribution < -0.4 is 5.32 Å². The van der Waals surface area contributed by atoms with Crippen LogP contribution >= 0.6 is 0 Å². The zero-order valence-electron chi connectivity index (χ0n) is 13.2. The Morgan fingerprint density at radius 1 is 1.15 bits per heavy atom. The van der Waals surface area contributed by atoms with Crippen molar-refractivity contribution in [1.29, 1.82) is 0 Å². The molecule has 0 aromatic heterocycles. The van der Waals surface area contributed by atoms with Crippen LogP contribution in [0.15, 0.2) is 24.3 Å². The molecule has 1 aromatic carbocycles. The zero-order chi connectivity index (χ0) is 15.0. The molecule has 0 aliphatic carbocycles. The molecule has 0 amide bonds. The Morgan fingerprint density at radius 3 is 2.45 bits per heavy atom. The highest BCUT2D eigenvalue weighted by Gasteiger charge is 2.21. The fraction of sp³-hybridized carbons (Fsp3) is 0.647. The Morgan fingerprint density at radius 2 is 1.85 bits per heavy atom. The summed E-state index contributed by atoms with van der Waals surface area (Å²) in [5, 5.41) is 3.46. The van der Waals surface area contributed by atoms with E-state index in [9.17, 15) is 4.39 Å². The van der Waals surface area contributed by atoms with Crippen molar-refractivity contribution in [3.63, 3.8) is 0 Å². The van der Waals surface area contributed by atoms with E-state index in [-0.39, 0.29) is 11.7 Å². The van der Waals surface area contributed by atoms with Crippen molar-refractivity contribution >= 4 is 0 Å². The lowest BCUT2D eigenvalue weighted by Gasteiger charge is -2.25. The first-order valence-corrected chi connectivity index (χ1v) is 7.50. The van der Waals surface area contributed by atoms with E-state index >= 15 is 0 Å². The molecule has 0 aliphatic heterocycles. The lowest BCUT2D eigenvalue weighted by Crippen LogP contribution is -2.29. The van der Waals surface area contributed by atoms with E-state index in [4.69, 9.17) is 4.74 Å². The second-order valence-electron chi connectivity index (χ2n) is 5.94. The first-order valence-electron chi connectivity index (χ1n) is 7.50. The number of benzene rings is 1. The monoisotopic (exact) mass is 281 g/mol. The Bertz CT molecular complexity index is 381. The fourth-order valence-corrected chi connectivity index (χ4v) is 2.43. The lowest BCUT2D eigenvalue weighted by molar-refractivity contribution is 0.173. The maximum atomic E-state index is 14.0. The number of rotatable bonds is 9. The Hall–Kier alpha value is -0.930. The first-order chi connectivity index (χ1) is 9.56. The van der Waals surface area contributed by atoms with E-state index in [1.54, 1.807) is 19.2 Å². The highest BCUT2D eigenvalue weighted by Crippen LogP contribution is 2.28. The number of halogens is 1. The van der Waals surface area contributed by atoms with Gasteiger partial charge in [0.1, 0.15) is 5.82 Å². The molecule has 0 heterocycles. The van der Waals surface area contributed by atoms with Gasteiger partial charge in [-0.25, -0.2) is 4.39 Å². The second-order valence-corrected chi connectivity index (χ2v) is 5.94. The molecule has 0 bridgehead atoms. The zero-order valence-corrected chi connectivity index (χ0v) is 13.2. The molecule has 0 saturated carbocycles. The van der Waals surface area contributed by atoms with Crippen molar-refractivity contribution in [2.75, 3.05) is 26.8 Å². The van der Waals surface area contributed by atoms with Crippen LogP contribution in [0.1, 0.15) is 38.7 Å². The second kappa shape index (κ2) is 9.09. The van der Waals surface area contributed by atoms with Gasteiger partial charge in [-0.1, -0.05) is 39.0 Å². The number of ether oxygens (including phenoxy) is 1. The van der Waals surface area contributed by atoms with E-state index in [0.29, 0.717) is 11.8 Å². The van der Waals surface area contributed by atoms with Gasteiger partial charge >= 0.3 is 0 Å². The van der Waals surface area contributed by atoms with Gasteiger partial charge in [0.2, 0.25) is 0 Å². The minimum Gasteiger partial charge on any atom is -0.385 e. The summed E-state index contributed by atoms with van der Waals surface area (Å²) in [5.41, 5.74) is 0.812. The van der Waals surface area contributed by atoms with E-state index in [2.05, 4.69) is 26.1 Å². The van der Waals surface area contributed by atoms with Crippen LogP contribution in [-0.4, -0.2) is 26.8 Å². The van der Waals surface area contributed by atoms with Gasteiger partial charge in [0.25, 0.3) is 0 Å². The van der Waals surface area contributed by atoms with Crippen molar-refractivity contribution < 1.29 is 9.13 Å². The third-order valence-corrected chi connectivity index (χ3v) is 3.69. The molecule has 0 fully saturated rings. The topological polar surface area (TPSA) is 21.3 Å². The quantitative estimate of drug-likeness (QED) is 0.743. The first kappa shape index (κ1) is 17.1. The van der Waals surface area contributed by atoms with Gasteiger partial charge in [-0.15, -0.1) is 0 Å². The van der Waals surface area contributed by atoms with Crippen molar-refractivity contribution in [2.24, 2.45) is 11.8 Å². The highest BCUT2D eigenvalue weighted by molar-refractivity contribution is 5.22. The van der Waals surface area contributed by atoms with Gasteiger partial charge in [0, 0.05) is 26.2 Å². The molecule has 1 aromatic rings. The minimum absolute atomic E-state index is 0.104. The predicted octanol–water partition coefficient (Wildman–Crippen LogP) is 3.83. The molecule has 20 heavy (non-hydrogen) atoms. The highest BCUT2D eigenvalue weighted by atomic mass is 19.1. The van der Waals surface area contributed by atoms with Crippen LogP contribution in [0.5, 0.6) is 0 Å². The number of methoxy groups -OCH3 is 1. The lowest BCUT2D eigenvalue weighted by atomic mass is 9.85. The largest absolute Gasteiger partial charge is 0.385 e. The molecule has 3 heteroatoms. The van der Waals surface area contributed by atoms with E-state index in [1.807, 2.05) is 12.1 Å². The molecule has 2 nitrogen and oxygen atoms in total. The molecule has 2 unspecified atom stereocenters. The summed E-state index contributed by atoms with van der Waals surface area (Å²) >= 11 is 0. The molecule has 2 atom stereocenters. The van der Waals surface area contributed by atoms with Crippen LogP contribution in [0, 0.1) is 17.7 Å². The SMILES string of the molecule is COCCC(C)C(CNCC(C)C)c1ccccc1F. The van der Waals surface area contributed by atoms with Crippen LogP contribution in [0.25, 0.3) is 0 Å². The van der Waals surface area contributed by atoms with Crippen LogP contribution in [0.3, 0.4) is 0 Å². The third-order valence-electron chi connectivity index (χ3n) is 3.69. The Balaban J connectivity index is 2.75. The average Bonchev–Trinajstić information content (AvgIpc) is 2.42. The molecule has 0 spiro atoms. The minimum atomic E-state index is -0.104. The summed E-state index contributed by atoms with van der Waals surface area (Å²) in [6.45, 7) is 9.02. The predicted molar refractivity (Wildman–Crippen MR) is 82.5 cm³/mol. The summed E-state index contributed by atoms with van der Waals surface area (Å²) in [6.07, 6.45) is 0.943. The van der Waals surface area contributed by atoms with Crippen molar-refractivity contribution in [3.8, 4) is 0 Å². The molecule has 1 rings (SSSR count). The summed E-state index contributed by atoms with van der Waals surface area (Å²) in [6, 6.07) is 7.11. The Kier molecular flexibility index (Phi) is 7.78. The third kappa shape index (κ3) is 5.59. The summed E-state index contributed by atoms with van der Waals surface area (Å²) in [4.78, 5) is 0. The smallest absolute Gasteiger partial charge is 0.126 e. The Labute approximate surface area is 122 Å². The van der Waals surface area contributed by atoms with Gasteiger partial charge in [-0.05, 0) is 36.4 Å². The molecular weight excluding hydrogens is 253 g/mol. The van der Waals surface area contributed by atoms with E-state index < -0.39 is 0 Å². The number of hydrogen-bond donors (Lipinski definition) is 1. The van der Waals surface area contributed by atoms with Crippen molar-refractivity contribution in [2.45, 2.75) is 33.1 Å². The molecule has 0 radical (unpaired) electrons. The van der Waals surface area contributed by atoms with Gasteiger partial charge in [0.15, 0.2) is 0 Å². The maximum absolute atomic E-state index is 14.0. The molecular formula is C17H28FNO. The maximum Gasteiger partial charge on any atom is 0.126 e. The van der Waals surface area contributed by atoms with Gasteiger partial charge < -0.3 is 10.1 Å². The molecule has 0 saturated heterocycles. The molecule has 1 N–H and O–H groups in total. The molecule has 114 valence electrons. The van der Waals surface area contributed by atoms with Gasteiger partial charge in [0.05, 0.1) is 0 Å². The van der Waals surface area contributed by atoms with Gasteiger partial charge in [-0.3, -0.25) is 0 Å². The summed E-state index contributed by atoms with van der Waals surface area (Å²) in [7, 11) is 1.71. The van der Waals surface area contributed by atoms with Crippen molar-refractivity contribution in [1.82, 2.24) is 5.32 Å². The normalized spacial score (nSPS) is 14.5. The molecule has 0 aliphatic rings. The number of nitrogens with one attached hydrogen (secondary N) is 1. The van der Waals surface area contributed by atoms with Crippen LogP contribution in [-0.2, 0) is 4.74 Å². The summed E-state index contributed by atoms with van der Waals surface area (Å²) in [5.74, 6) is 1.07.